The normalized spacial score (nSPS) is 17.8. The van der Waals surface area contributed by atoms with Gasteiger partial charge in [0.2, 0.25) is 10.0 Å². The molecular formula is C13H19NO2S. The molecule has 0 N–H and O–H groups in total. The number of benzene rings is 1. The Bertz CT molecular complexity index is 488. The van der Waals surface area contributed by atoms with Crippen LogP contribution in [0.15, 0.2) is 29.2 Å². The van der Waals surface area contributed by atoms with Crippen LogP contribution in [0.25, 0.3) is 0 Å². The van der Waals surface area contributed by atoms with Crippen LogP contribution in [0.1, 0.15) is 38.2 Å². The van der Waals surface area contributed by atoms with Crippen LogP contribution in [-0.2, 0) is 10.0 Å². The summed E-state index contributed by atoms with van der Waals surface area (Å²) >= 11 is 0. The highest BCUT2D eigenvalue weighted by molar-refractivity contribution is 7.89. The van der Waals surface area contributed by atoms with Gasteiger partial charge in [-0.3, -0.25) is 0 Å². The van der Waals surface area contributed by atoms with Crippen molar-refractivity contribution in [3.63, 3.8) is 0 Å². The first kappa shape index (κ1) is 12.6. The molecule has 0 unspecified atom stereocenters. The molecular weight excluding hydrogens is 234 g/mol. The second-order valence-electron chi connectivity index (χ2n) is 4.80. The summed E-state index contributed by atoms with van der Waals surface area (Å²) in [7, 11) is -3.28. The standard InChI is InChI=1S/C13H19NO2S/c1-11(2)12-7-3-4-8-13(12)17(15,16)14-9-5-6-10-14/h3-4,7-8,11H,5-6,9-10H2,1-2H3. The molecule has 0 aromatic heterocycles. The summed E-state index contributed by atoms with van der Waals surface area (Å²) in [6.07, 6.45) is 1.95. The first-order valence-corrected chi connectivity index (χ1v) is 7.56. The summed E-state index contributed by atoms with van der Waals surface area (Å²) in [4.78, 5) is 0.483. The second-order valence-corrected chi connectivity index (χ2v) is 6.71. The van der Waals surface area contributed by atoms with E-state index in [0.717, 1.165) is 18.4 Å². The number of sulfonamides is 1. The van der Waals surface area contributed by atoms with Crippen LogP contribution in [0, 0.1) is 0 Å². The molecule has 0 spiro atoms. The molecule has 0 radical (unpaired) electrons. The summed E-state index contributed by atoms with van der Waals surface area (Å²) < 4.78 is 26.6. The molecule has 1 fully saturated rings. The minimum absolute atomic E-state index is 0.226. The number of hydrogen-bond donors (Lipinski definition) is 0. The molecule has 1 aliphatic rings. The minimum Gasteiger partial charge on any atom is -0.207 e. The first-order chi connectivity index (χ1) is 8.03. The van der Waals surface area contributed by atoms with E-state index >= 15 is 0 Å². The van der Waals surface area contributed by atoms with Crippen molar-refractivity contribution in [3.8, 4) is 0 Å². The van der Waals surface area contributed by atoms with E-state index in [1.807, 2.05) is 26.0 Å². The van der Waals surface area contributed by atoms with E-state index in [4.69, 9.17) is 0 Å². The van der Waals surface area contributed by atoms with Crippen molar-refractivity contribution in [2.45, 2.75) is 37.5 Å². The molecule has 1 aromatic carbocycles. The summed E-state index contributed by atoms with van der Waals surface area (Å²) in [5, 5.41) is 0. The van der Waals surface area contributed by atoms with Crippen molar-refractivity contribution in [2.24, 2.45) is 0 Å². The van der Waals surface area contributed by atoms with E-state index in [2.05, 4.69) is 0 Å². The smallest absolute Gasteiger partial charge is 0.207 e. The Hall–Kier alpha value is -0.870. The molecule has 17 heavy (non-hydrogen) atoms. The maximum Gasteiger partial charge on any atom is 0.243 e. The highest BCUT2D eigenvalue weighted by Gasteiger charge is 2.29. The SMILES string of the molecule is CC(C)c1ccccc1S(=O)(=O)N1CCCC1. The van der Waals surface area contributed by atoms with Crippen LogP contribution in [-0.4, -0.2) is 25.8 Å². The summed E-state index contributed by atoms with van der Waals surface area (Å²) in [5.74, 6) is 0.226. The van der Waals surface area contributed by atoms with Crippen molar-refractivity contribution < 1.29 is 8.42 Å². The Kier molecular flexibility index (Phi) is 3.54. The summed E-state index contributed by atoms with van der Waals surface area (Å²) in [6.45, 7) is 5.38. The Morgan fingerprint density at radius 1 is 1.12 bits per heavy atom. The van der Waals surface area contributed by atoms with E-state index in [1.165, 1.54) is 0 Å². The zero-order valence-electron chi connectivity index (χ0n) is 10.4. The Morgan fingerprint density at radius 2 is 1.71 bits per heavy atom. The zero-order valence-corrected chi connectivity index (χ0v) is 11.2. The molecule has 0 bridgehead atoms. The number of hydrogen-bond acceptors (Lipinski definition) is 2. The van der Waals surface area contributed by atoms with Gasteiger partial charge in [0.25, 0.3) is 0 Å². The van der Waals surface area contributed by atoms with E-state index in [9.17, 15) is 8.42 Å². The third kappa shape index (κ3) is 2.38. The summed E-state index contributed by atoms with van der Waals surface area (Å²) in [6, 6.07) is 7.34. The van der Waals surface area contributed by atoms with Gasteiger partial charge in [0.15, 0.2) is 0 Å². The van der Waals surface area contributed by atoms with Crippen LogP contribution in [0.3, 0.4) is 0 Å². The lowest BCUT2D eigenvalue weighted by atomic mass is 10.0. The molecule has 0 amide bonds. The van der Waals surface area contributed by atoms with Crippen LogP contribution >= 0.6 is 0 Å². The molecule has 0 saturated carbocycles. The molecule has 2 rings (SSSR count). The second kappa shape index (κ2) is 4.78. The van der Waals surface area contributed by atoms with Crippen molar-refractivity contribution >= 4 is 10.0 Å². The van der Waals surface area contributed by atoms with Crippen LogP contribution in [0.5, 0.6) is 0 Å². The van der Waals surface area contributed by atoms with Gasteiger partial charge in [-0.1, -0.05) is 32.0 Å². The molecule has 4 heteroatoms. The Balaban J connectivity index is 2.45. The predicted octanol–water partition coefficient (Wildman–Crippen LogP) is 2.59. The molecule has 3 nitrogen and oxygen atoms in total. The fourth-order valence-corrected chi connectivity index (χ4v) is 4.13. The van der Waals surface area contributed by atoms with Gasteiger partial charge in [0.05, 0.1) is 4.90 Å². The van der Waals surface area contributed by atoms with E-state index in [0.29, 0.717) is 18.0 Å². The van der Waals surface area contributed by atoms with Gasteiger partial charge in [0.1, 0.15) is 0 Å². The fourth-order valence-electron chi connectivity index (χ4n) is 2.26. The number of rotatable bonds is 3. The van der Waals surface area contributed by atoms with Crippen LogP contribution < -0.4 is 0 Å². The van der Waals surface area contributed by atoms with Crippen molar-refractivity contribution in [1.29, 1.82) is 0 Å². The highest BCUT2D eigenvalue weighted by atomic mass is 32.2. The van der Waals surface area contributed by atoms with Gasteiger partial charge in [-0.25, -0.2) is 8.42 Å². The predicted molar refractivity (Wildman–Crippen MR) is 68.5 cm³/mol. The van der Waals surface area contributed by atoms with Gasteiger partial charge in [0, 0.05) is 13.1 Å². The fraction of sp³-hybridized carbons (Fsp3) is 0.538. The van der Waals surface area contributed by atoms with Gasteiger partial charge < -0.3 is 0 Å². The third-order valence-corrected chi connectivity index (χ3v) is 5.20. The van der Waals surface area contributed by atoms with E-state index < -0.39 is 10.0 Å². The highest BCUT2D eigenvalue weighted by Crippen LogP contribution is 2.27. The zero-order chi connectivity index (χ0) is 12.5. The van der Waals surface area contributed by atoms with Crippen molar-refractivity contribution in [3.05, 3.63) is 29.8 Å². The lowest BCUT2D eigenvalue weighted by molar-refractivity contribution is 0.476. The molecule has 0 aliphatic carbocycles. The monoisotopic (exact) mass is 253 g/mol. The van der Waals surface area contributed by atoms with Gasteiger partial charge >= 0.3 is 0 Å². The Morgan fingerprint density at radius 3 is 2.29 bits per heavy atom. The van der Waals surface area contributed by atoms with Crippen LogP contribution in [0.2, 0.25) is 0 Å². The molecule has 1 aliphatic heterocycles. The minimum atomic E-state index is -3.28. The topological polar surface area (TPSA) is 37.4 Å². The van der Waals surface area contributed by atoms with Crippen LogP contribution in [0.4, 0.5) is 0 Å². The quantitative estimate of drug-likeness (QED) is 0.830. The summed E-state index contributed by atoms with van der Waals surface area (Å²) in [5.41, 5.74) is 0.916. The van der Waals surface area contributed by atoms with E-state index in [1.54, 1.807) is 16.4 Å². The molecule has 94 valence electrons. The lowest BCUT2D eigenvalue weighted by Gasteiger charge is -2.19. The molecule has 0 atom stereocenters. The van der Waals surface area contributed by atoms with Gasteiger partial charge in [-0.05, 0) is 30.4 Å². The molecule has 1 aromatic rings. The Labute approximate surface area is 104 Å². The largest absolute Gasteiger partial charge is 0.243 e. The average Bonchev–Trinajstić information content (AvgIpc) is 2.83. The van der Waals surface area contributed by atoms with Gasteiger partial charge in [-0.15, -0.1) is 0 Å². The molecule has 1 saturated heterocycles. The third-order valence-electron chi connectivity index (χ3n) is 3.22. The maximum absolute atomic E-state index is 12.5. The molecule has 1 heterocycles. The average molecular weight is 253 g/mol. The lowest BCUT2D eigenvalue weighted by Crippen LogP contribution is -2.28. The van der Waals surface area contributed by atoms with Crippen molar-refractivity contribution in [2.75, 3.05) is 13.1 Å². The van der Waals surface area contributed by atoms with Crippen molar-refractivity contribution in [1.82, 2.24) is 4.31 Å². The first-order valence-electron chi connectivity index (χ1n) is 6.12. The van der Waals surface area contributed by atoms with E-state index in [-0.39, 0.29) is 5.92 Å². The van der Waals surface area contributed by atoms with Gasteiger partial charge in [-0.2, -0.15) is 4.31 Å². The maximum atomic E-state index is 12.5. The number of nitrogens with zero attached hydrogens (tertiary/aromatic N) is 1.